The molecular weight excluding hydrogens is 207 g/mol. The predicted molar refractivity (Wildman–Crippen MR) is 60.0 cm³/mol. The smallest absolute Gasteiger partial charge is 0.223 e. The number of nitrogens with zero attached hydrogens (tertiary/aromatic N) is 1. The molecule has 0 spiro atoms. The summed E-state index contributed by atoms with van der Waals surface area (Å²) < 4.78 is 13.2. The zero-order valence-electron chi connectivity index (χ0n) is 9.24. The summed E-state index contributed by atoms with van der Waals surface area (Å²) in [6.45, 7) is 3.27. The Morgan fingerprint density at radius 2 is 2.31 bits per heavy atom. The van der Waals surface area contributed by atoms with Crippen molar-refractivity contribution in [2.45, 2.75) is 19.9 Å². The number of amides is 1. The van der Waals surface area contributed by atoms with E-state index in [1.807, 2.05) is 6.92 Å². The van der Waals surface area contributed by atoms with Crippen LogP contribution in [0.1, 0.15) is 18.9 Å². The van der Waals surface area contributed by atoms with Crippen molar-refractivity contribution in [2.24, 2.45) is 5.92 Å². The summed E-state index contributed by atoms with van der Waals surface area (Å²) in [5, 5.41) is 0. The molecular formula is C12H15FN2O. The molecule has 0 bridgehead atoms. The lowest BCUT2D eigenvalue weighted by molar-refractivity contribution is -0.128. The lowest BCUT2D eigenvalue weighted by atomic mass is 10.1. The molecule has 1 fully saturated rings. The van der Waals surface area contributed by atoms with E-state index in [1.165, 1.54) is 12.1 Å². The van der Waals surface area contributed by atoms with Gasteiger partial charge in [0.15, 0.2) is 0 Å². The fourth-order valence-electron chi connectivity index (χ4n) is 2.01. The number of nitrogen functional groups attached to an aromatic ring is 1. The van der Waals surface area contributed by atoms with Crippen molar-refractivity contribution in [3.8, 4) is 0 Å². The number of hydrogen-bond acceptors (Lipinski definition) is 2. The van der Waals surface area contributed by atoms with Gasteiger partial charge in [0.05, 0.1) is 5.69 Å². The van der Waals surface area contributed by atoms with E-state index >= 15 is 0 Å². The molecule has 1 atom stereocenters. The summed E-state index contributed by atoms with van der Waals surface area (Å²) in [5.74, 6) is 0.119. The summed E-state index contributed by atoms with van der Waals surface area (Å²) >= 11 is 0. The Labute approximate surface area is 94.0 Å². The summed E-state index contributed by atoms with van der Waals surface area (Å²) in [6, 6.07) is 4.69. The molecule has 1 amide bonds. The molecule has 1 aliphatic heterocycles. The highest BCUT2D eigenvalue weighted by molar-refractivity contribution is 5.78. The quantitative estimate of drug-likeness (QED) is 0.775. The van der Waals surface area contributed by atoms with Crippen molar-refractivity contribution in [1.82, 2.24) is 4.90 Å². The van der Waals surface area contributed by atoms with Crippen LogP contribution in [0.15, 0.2) is 18.2 Å². The van der Waals surface area contributed by atoms with E-state index in [0.29, 0.717) is 18.9 Å². The minimum atomic E-state index is -0.419. The number of anilines is 1. The normalized spacial score (nSPS) is 20.5. The monoisotopic (exact) mass is 222 g/mol. The molecule has 1 saturated heterocycles. The Morgan fingerprint density at radius 3 is 2.88 bits per heavy atom. The Hall–Kier alpha value is -1.58. The molecule has 1 unspecified atom stereocenters. The number of carbonyl (C=O) groups is 1. The standard InChI is InChI=1S/C12H15FN2O/c1-8-4-12(16)15(6-8)7-9-2-3-11(14)10(13)5-9/h2-3,5,8H,4,6-7,14H2,1H3. The van der Waals surface area contributed by atoms with Gasteiger partial charge in [0.1, 0.15) is 5.82 Å². The highest BCUT2D eigenvalue weighted by Gasteiger charge is 2.26. The maximum absolute atomic E-state index is 13.2. The molecule has 1 heterocycles. The number of hydrogen-bond donors (Lipinski definition) is 1. The number of rotatable bonds is 2. The molecule has 1 aromatic rings. The zero-order chi connectivity index (χ0) is 11.7. The first-order valence-electron chi connectivity index (χ1n) is 5.38. The van der Waals surface area contributed by atoms with Gasteiger partial charge in [-0.3, -0.25) is 4.79 Å². The predicted octanol–water partition coefficient (Wildman–Crippen LogP) is 1.78. The fraction of sp³-hybridized carbons (Fsp3) is 0.417. The first-order valence-corrected chi connectivity index (χ1v) is 5.38. The van der Waals surface area contributed by atoms with Crippen LogP contribution in [0, 0.1) is 11.7 Å². The molecule has 3 nitrogen and oxygen atoms in total. The Morgan fingerprint density at radius 1 is 1.56 bits per heavy atom. The van der Waals surface area contributed by atoms with Crippen LogP contribution >= 0.6 is 0 Å². The van der Waals surface area contributed by atoms with E-state index in [0.717, 1.165) is 12.1 Å². The minimum absolute atomic E-state index is 0.143. The van der Waals surface area contributed by atoms with Gasteiger partial charge in [0, 0.05) is 19.5 Å². The largest absolute Gasteiger partial charge is 0.396 e. The summed E-state index contributed by atoms with van der Waals surface area (Å²) in [4.78, 5) is 13.3. The first-order chi connectivity index (χ1) is 7.56. The van der Waals surface area contributed by atoms with E-state index in [1.54, 1.807) is 11.0 Å². The average Bonchev–Trinajstić information content (AvgIpc) is 2.51. The van der Waals surface area contributed by atoms with Crippen LogP contribution in [0.2, 0.25) is 0 Å². The zero-order valence-corrected chi connectivity index (χ0v) is 9.24. The average molecular weight is 222 g/mol. The van der Waals surface area contributed by atoms with E-state index < -0.39 is 5.82 Å². The second-order valence-electron chi connectivity index (χ2n) is 4.44. The second kappa shape index (κ2) is 4.12. The van der Waals surface area contributed by atoms with Crippen molar-refractivity contribution in [3.63, 3.8) is 0 Å². The SMILES string of the molecule is CC1CC(=O)N(Cc2ccc(N)c(F)c2)C1. The third-order valence-corrected chi connectivity index (χ3v) is 2.85. The van der Waals surface area contributed by atoms with Gasteiger partial charge in [0.25, 0.3) is 0 Å². The molecule has 4 heteroatoms. The molecule has 0 radical (unpaired) electrons. The highest BCUT2D eigenvalue weighted by Crippen LogP contribution is 2.20. The molecule has 16 heavy (non-hydrogen) atoms. The fourth-order valence-corrected chi connectivity index (χ4v) is 2.01. The number of carbonyl (C=O) groups excluding carboxylic acids is 1. The maximum Gasteiger partial charge on any atom is 0.223 e. The van der Waals surface area contributed by atoms with Crippen molar-refractivity contribution in [1.29, 1.82) is 0 Å². The van der Waals surface area contributed by atoms with Gasteiger partial charge in [-0.1, -0.05) is 13.0 Å². The molecule has 86 valence electrons. The topological polar surface area (TPSA) is 46.3 Å². The van der Waals surface area contributed by atoms with Crippen molar-refractivity contribution in [3.05, 3.63) is 29.6 Å². The van der Waals surface area contributed by atoms with Gasteiger partial charge in [-0.25, -0.2) is 4.39 Å². The van der Waals surface area contributed by atoms with Crippen molar-refractivity contribution in [2.75, 3.05) is 12.3 Å². The number of halogens is 1. The Kier molecular flexibility index (Phi) is 2.81. The van der Waals surface area contributed by atoms with Crippen LogP contribution in [-0.2, 0) is 11.3 Å². The highest BCUT2D eigenvalue weighted by atomic mass is 19.1. The van der Waals surface area contributed by atoms with Crippen LogP contribution in [0.25, 0.3) is 0 Å². The van der Waals surface area contributed by atoms with Crippen molar-refractivity contribution < 1.29 is 9.18 Å². The summed E-state index contributed by atoms with van der Waals surface area (Å²) in [5.41, 5.74) is 6.32. The van der Waals surface area contributed by atoms with Gasteiger partial charge in [-0.15, -0.1) is 0 Å². The van der Waals surface area contributed by atoms with Crippen LogP contribution < -0.4 is 5.73 Å². The Bertz CT molecular complexity index is 419. The molecule has 0 aliphatic carbocycles. The van der Waals surface area contributed by atoms with E-state index in [2.05, 4.69) is 0 Å². The van der Waals surface area contributed by atoms with Gasteiger partial charge in [-0.05, 0) is 23.6 Å². The van der Waals surface area contributed by atoms with E-state index in [-0.39, 0.29) is 11.6 Å². The number of likely N-dealkylation sites (tertiary alicyclic amines) is 1. The lowest BCUT2D eigenvalue weighted by Crippen LogP contribution is -2.24. The third-order valence-electron chi connectivity index (χ3n) is 2.85. The molecule has 0 saturated carbocycles. The maximum atomic E-state index is 13.2. The molecule has 0 aromatic heterocycles. The van der Waals surface area contributed by atoms with E-state index in [4.69, 9.17) is 5.73 Å². The van der Waals surface area contributed by atoms with E-state index in [9.17, 15) is 9.18 Å². The van der Waals surface area contributed by atoms with Gasteiger partial charge >= 0.3 is 0 Å². The molecule has 1 aliphatic rings. The lowest BCUT2D eigenvalue weighted by Gasteiger charge is -2.16. The van der Waals surface area contributed by atoms with Gasteiger partial charge in [0.2, 0.25) is 5.91 Å². The van der Waals surface area contributed by atoms with Gasteiger partial charge < -0.3 is 10.6 Å². The first kappa shape index (κ1) is 10.9. The van der Waals surface area contributed by atoms with Crippen molar-refractivity contribution >= 4 is 11.6 Å². The number of benzene rings is 1. The van der Waals surface area contributed by atoms with Gasteiger partial charge in [-0.2, -0.15) is 0 Å². The van der Waals surface area contributed by atoms with Crippen LogP contribution in [0.5, 0.6) is 0 Å². The number of nitrogens with two attached hydrogens (primary N) is 1. The Balaban J connectivity index is 2.09. The summed E-state index contributed by atoms with van der Waals surface area (Å²) in [6.07, 6.45) is 0.595. The van der Waals surface area contributed by atoms with Crippen LogP contribution in [-0.4, -0.2) is 17.4 Å². The molecule has 1 aromatic carbocycles. The third kappa shape index (κ3) is 2.15. The molecule has 2 rings (SSSR count). The van der Waals surface area contributed by atoms with Crippen LogP contribution in [0.4, 0.5) is 10.1 Å². The summed E-state index contributed by atoms with van der Waals surface area (Å²) in [7, 11) is 0. The second-order valence-corrected chi connectivity index (χ2v) is 4.44. The minimum Gasteiger partial charge on any atom is -0.396 e. The molecule has 2 N–H and O–H groups in total. The van der Waals surface area contributed by atoms with Crippen LogP contribution in [0.3, 0.4) is 0 Å².